The van der Waals surface area contributed by atoms with Gasteiger partial charge in [-0.05, 0) is 34.5 Å². The third-order valence-electron chi connectivity index (χ3n) is 2.03. The highest BCUT2D eigenvalue weighted by molar-refractivity contribution is 9.11. The van der Waals surface area contributed by atoms with Crippen LogP contribution in [0.5, 0.6) is 0 Å². The molecule has 0 N–H and O–H groups in total. The Morgan fingerprint density at radius 1 is 1.60 bits per heavy atom. The standard InChI is InChI=1S/C9H8BrN3OS/c1-5-3-7(15-9(5)10)8(14)6-4-11-12-13(6)2/h3-4H,1-2H3. The van der Waals surface area contributed by atoms with Gasteiger partial charge in [0.15, 0.2) is 0 Å². The van der Waals surface area contributed by atoms with Crippen LogP contribution in [0, 0.1) is 6.92 Å². The molecule has 2 heterocycles. The maximum Gasteiger partial charge on any atom is 0.222 e. The molecule has 78 valence electrons. The zero-order valence-electron chi connectivity index (χ0n) is 8.19. The van der Waals surface area contributed by atoms with Crippen LogP contribution in [-0.2, 0) is 7.05 Å². The number of aryl methyl sites for hydroxylation is 2. The van der Waals surface area contributed by atoms with Crippen molar-refractivity contribution in [1.82, 2.24) is 15.0 Å². The average molecular weight is 286 g/mol. The molecule has 0 aromatic carbocycles. The smallest absolute Gasteiger partial charge is 0.222 e. The highest BCUT2D eigenvalue weighted by atomic mass is 79.9. The Balaban J connectivity index is 2.41. The molecular formula is C9H8BrN3OS. The van der Waals surface area contributed by atoms with Crippen molar-refractivity contribution in [3.05, 3.63) is 32.2 Å². The van der Waals surface area contributed by atoms with Gasteiger partial charge in [0.2, 0.25) is 5.78 Å². The van der Waals surface area contributed by atoms with E-state index < -0.39 is 0 Å². The van der Waals surface area contributed by atoms with E-state index in [4.69, 9.17) is 0 Å². The lowest BCUT2D eigenvalue weighted by atomic mass is 10.2. The Bertz CT molecular complexity index is 498. The molecule has 0 aliphatic heterocycles. The molecule has 0 saturated carbocycles. The fourth-order valence-electron chi connectivity index (χ4n) is 1.19. The first kappa shape index (κ1) is 10.5. The highest BCUT2D eigenvalue weighted by Crippen LogP contribution is 2.28. The lowest BCUT2D eigenvalue weighted by molar-refractivity contribution is 0.103. The number of ketones is 1. The quantitative estimate of drug-likeness (QED) is 0.795. The van der Waals surface area contributed by atoms with Gasteiger partial charge in [0.1, 0.15) is 5.69 Å². The molecular weight excluding hydrogens is 278 g/mol. The minimum absolute atomic E-state index is 0.0405. The molecule has 0 saturated heterocycles. The summed E-state index contributed by atoms with van der Waals surface area (Å²) in [4.78, 5) is 12.7. The number of nitrogens with zero attached hydrogens (tertiary/aromatic N) is 3. The van der Waals surface area contributed by atoms with Crippen LogP contribution in [0.15, 0.2) is 16.0 Å². The Kier molecular flexibility index (Phi) is 2.70. The number of hydrogen-bond donors (Lipinski definition) is 0. The van der Waals surface area contributed by atoms with Crippen LogP contribution >= 0.6 is 27.3 Å². The summed E-state index contributed by atoms with van der Waals surface area (Å²) in [7, 11) is 1.70. The van der Waals surface area contributed by atoms with Gasteiger partial charge in [0, 0.05) is 7.05 Å². The first-order valence-corrected chi connectivity index (χ1v) is 5.86. The first-order chi connectivity index (χ1) is 7.09. The van der Waals surface area contributed by atoms with Crippen LogP contribution < -0.4 is 0 Å². The predicted octanol–water partition coefficient (Wildman–Crippen LogP) is 2.18. The molecule has 0 aliphatic carbocycles. The molecule has 2 aromatic heterocycles. The van der Waals surface area contributed by atoms with Crippen LogP contribution in [0.1, 0.15) is 20.9 Å². The molecule has 0 unspecified atom stereocenters. The summed E-state index contributed by atoms with van der Waals surface area (Å²) in [5.41, 5.74) is 1.57. The molecule has 0 spiro atoms. The average Bonchev–Trinajstić information content (AvgIpc) is 2.74. The van der Waals surface area contributed by atoms with Gasteiger partial charge in [0.25, 0.3) is 0 Å². The van der Waals surface area contributed by atoms with Crippen molar-refractivity contribution in [2.45, 2.75) is 6.92 Å². The third kappa shape index (κ3) is 1.87. The molecule has 0 atom stereocenters. The largest absolute Gasteiger partial charge is 0.286 e. The molecule has 6 heteroatoms. The van der Waals surface area contributed by atoms with E-state index in [-0.39, 0.29) is 5.78 Å². The van der Waals surface area contributed by atoms with Gasteiger partial charge >= 0.3 is 0 Å². The van der Waals surface area contributed by atoms with Crippen LogP contribution in [0.25, 0.3) is 0 Å². The van der Waals surface area contributed by atoms with Crippen LogP contribution in [0.3, 0.4) is 0 Å². The molecule has 0 radical (unpaired) electrons. The fraction of sp³-hybridized carbons (Fsp3) is 0.222. The molecule has 4 nitrogen and oxygen atoms in total. The van der Waals surface area contributed by atoms with E-state index in [9.17, 15) is 4.79 Å². The minimum atomic E-state index is -0.0405. The fourth-order valence-corrected chi connectivity index (χ4v) is 2.68. The Morgan fingerprint density at radius 3 is 2.80 bits per heavy atom. The monoisotopic (exact) mass is 285 g/mol. The van der Waals surface area contributed by atoms with E-state index in [0.717, 1.165) is 9.35 Å². The molecule has 0 amide bonds. The van der Waals surface area contributed by atoms with Crippen molar-refractivity contribution >= 4 is 33.0 Å². The second-order valence-electron chi connectivity index (χ2n) is 3.14. The van der Waals surface area contributed by atoms with Gasteiger partial charge in [0.05, 0.1) is 14.9 Å². The molecule has 0 fully saturated rings. The van der Waals surface area contributed by atoms with E-state index in [2.05, 4.69) is 26.2 Å². The minimum Gasteiger partial charge on any atom is -0.286 e. The molecule has 15 heavy (non-hydrogen) atoms. The summed E-state index contributed by atoms with van der Waals surface area (Å²) in [5.74, 6) is -0.0405. The Morgan fingerprint density at radius 2 is 2.33 bits per heavy atom. The topological polar surface area (TPSA) is 47.8 Å². The van der Waals surface area contributed by atoms with Crippen molar-refractivity contribution in [2.24, 2.45) is 7.05 Å². The Labute approximate surface area is 99.0 Å². The van der Waals surface area contributed by atoms with Crippen LogP contribution in [0.2, 0.25) is 0 Å². The number of aromatic nitrogens is 3. The summed E-state index contributed by atoms with van der Waals surface area (Å²) in [6, 6.07) is 1.87. The first-order valence-electron chi connectivity index (χ1n) is 4.25. The summed E-state index contributed by atoms with van der Waals surface area (Å²) >= 11 is 4.82. The SMILES string of the molecule is Cc1cc(C(=O)c2cnnn2C)sc1Br. The molecule has 2 aromatic rings. The van der Waals surface area contributed by atoms with Gasteiger partial charge in [-0.15, -0.1) is 16.4 Å². The molecule has 0 aliphatic rings. The molecule has 0 bridgehead atoms. The van der Waals surface area contributed by atoms with E-state index in [1.165, 1.54) is 22.2 Å². The van der Waals surface area contributed by atoms with Crippen molar-refractivity contribution in [3.8, 4) is 0 Å². The van der Waals surface area contributed by atoms with Gasteiger partial charge in [-0.3, -0.25) is 4.79 Å². The van der Waals surface area contributed by atoms with Crippen LogP contribution in [0.4, 0.5) is 0 Å². The van der Waals surface area contributed by atoms with Crippen LogP contribution in [-0.4, -0.2) is 20.8 Å². The third-order valence-corrected chi connectivity index (χ3v) is 4.16. The van der Waals surface area contributed by atoms with Crippen molar-refractivity contribution in [1.29, 1.82) is 0 Å². The number of carbonyl (C=O) groups excluding carboxylic acids is 1. The molecule has 2 rings (SSSR count). The number of rotatable bonds is 2. The number of halogens is 1. The number of hydrogen-bond acceptors (Lipinski definition) is 4. The Hall–Kier alpha value is -1.01. The van der Waals surface area contributed by atoms with Crippen molar-refractivity contribution in [2.75, 3.05) is 0 Å². The number of carbonyl (C=O) groups is 1. The van der Waals surface area contributed by atoms with E-state index in [1.54, 1.807) is 7.05 Å². The second-order valence-corrected chi connectivity index (χ2v) is 5.51. The summed E-state index contributed by atoms with van der Waals surface area (Å²) in [6.07, 6.45) is 1.48. The van der Waals surface area contributed by atoms with Gasteiger partial charge in [-0.2, -0.15) is 0 Å². The summed E-state index contributed by atoms with van der Waals surface area (Å²) in [5, 5.41) is 7.41. The van der Waals surface area contributed by atoms with Crippen molar-refractivity contribution in [3.63, 3.8) is 0 Å². The lowest BCUT2D eigenvalue weighted by Crippen LogP contribution is -2.06. The predicted molar refractivity (Wildman–Crippen MR) is 61.2 cm³/mol. The highest BCUT2D eigenvalue weighted by Gasteiger charge is 2.16. The number of thiophene rings is 1. The maximum absolute atomic E-state index is 12.0. The van der Waals surface area contributed by atoms with Gasteiger partial charge in [-0.25, -0.2) is 4.68 Å². The summed E-state index contributed by atoms with van der Waals surface area (Å²) < 4.78 is 2.46. The van der Waals surface area contributed by atoms with Crippen molar-refractivity contribution < 1.29 is 4.79 Å². The summed E-state index contributed by atoms with van der Waals surface area (Å²) in [6.45, 7) is 1.96. The zero-order valence-corrected chi connectivity index (χ0v) is 10.6. The van der Waals surface area contributed by atoms with E-state index in [1.807, 2.05) is 13.0 Å². The maximum atomic E-state index is 12.0. The zero-order chi connectivity index (χ0) is 11.0. The normalized spacial score (nSPS) is 10.6. The van der Waals surface area contributed by atoms with Gasteiger partial charge in [-0.1, -0.05) is 5.21 Å². The van der Waals surface area contributed by atoms with Gasteiger partial charge < -0.3 is 0 Å². The van der Waals surface area contributed by atoms with E-state index in [0.29, 0.717) is 10.6 Å². The second kappa shape index (κ2) is 3.86. The lowest BCUT2D eigenvalue weighted by Gasteiger charge is -1.95. The van der Waals surface area contributed by atoms with E-state index >= 15 is 0 Å².